The molecule has 20 heavy (non-hydrogen) atoms. The van der Waals surface area contributed by atoms with Gasteiger partial charge in [0.1, 0.15) is 11.5 Å². The number of carbonyl (C=O) groups is 1. The van der Waals surface area contributed by atoms with Crippen molar-refractivity contribution in [2.24, 2.45) is 0 Å². The van der Waals surface area contributed by atoms with Crippen molar-refractivity contribution in [3.8, 4) is 22.6 Å². The first kappa shape index (κ1) is 14.4. The zero-order valence-corrected chi connectivity index (χ0v) is 12.6. The molecule has 0 bridgehead atoms. The quantitative estimate of drug-likeness (QED) is 0.921. The topological polar surface area (TPSA) is 55.8 Å². The number of rotatable bonds is 4. The molecule has 2 rings (SSSR count). The molecule has 0 aliphatic carbocycles. The van der Waals surface area contributed by atoms with Crippen LogP contribution in [0.1, 0.15) is 10.4 Å². The molecule has 2 aromatic carbocycles. The maximum atomic E-state index is 11.4. The molecule has 0 fully saturated rings. The average Bonchev–Trinajstić information content (AvgIpc) is 2.46. The van der Waals surface area contributed by atoms with Gasteiger partial charge in [-0.15, -0.1) is 0 Å². The van der Waals surface area contributed by atoms with Crippen molar-refractivity contribution < 1.29 is 19.4 Å². The second-order valence-corrected chi connectivity index (χ2v) is 4.98. The van der Waals surface area contributed by atoms with Crippen molar-refractivity contribution in [3.63, 3.8) is 0 Å². The van der Waals surface area contributed by atoms with Crippen LogP contribution >= 0.6 is 15.9 Å². The summed E-state index contributed by atoms with van der Waals surface area (Å²) in [5, 5.41) is 9.35. The largest absolute Gasteiger partial charge is 0.497 e. The molecule has 0 aliphatic heterocycles. The van der Waals surface area contributed by atoms with Crippen LogP contribution in [-0.4, -0.2) is 25.3 Å². The third-order valence-corrected chi connectivity index (χ3v) is 3.40. The molecule has 0 heterocycles. The van der Waals surface area contributed by atoms with Gasteiger partial charge in [0.05, 0.1) is 19.8 Å². The van der Waals surface area contributed by atoms with E-state index in [2.05, 4.69) is 15.9 Å². The summed E-state index contributed by atoms with van der Waals surface area (Å²) in [5.74, 6) is 0.238. The van der Waals surface area contributed by atoms with Crippen LogP contribution in [-0.2, 0) is 0 Å². The summed E-state index contributed by atoms with van der Waals surface area (Å²) in [5.41, 5.74) is 1.46. The van der Waals surface area contributed by atoms with Crippen molar-refractivity contribution in [2.45, 2.75) is 0 Å². The number of methoxy groups -OCH3 is 2. The van der Waals surface area contributed by atoms with Gasteiger partial charge in [0, 0.05) is 15.6 Å². The highest BCUT2D eigenvalue weighted by Crippen LogP contribution is 2.36. The summed E-state index contributed by atoms with van der Waals surface area (Å²) >= 11 is 3.28. The first-order valence-electron chi connectivity index (χ1n) is 5.82. The van der Waals surface area contributed by atoms with E-state index in [-0.39, 0.29) is 5.56 Å². The normalized spacial score (nSPS) is 10.2. The molecule has 2 aromatic rings. The lowest BCUT2D eigenvalue weighted by Crippen LogP contribution is -2.01. The fraction of sp³-hybridized carbons (Fsp3) is 0.133. The lowest BCUT2D eigenvalue weighted by molar-refractivity contribution is 0.0697. The number of carboxylic acids is 1. The number of halogens is 1. The van der Waals surface area contributed by atoms with E-state index in [1.54, 1.807) is 50.6 Å². The fourth-order valence-corrected chi connectivity index (χ4v) is 2.31. The molecule has 0 spiro atoms. The highest BCUT2D eigenvalue weighted by Gasteiger charge is 2.16. The van der Waals surface area contributed by atoms with E-state index in [1.807, 2.05) is 0 Å². The average molecular weight is 337 g/mol. The minimum absolute atomic E-state index is 0.200. The fourth-order valence-electron chi connectivity index (χ4n) is 1.95. The van der Waals surface area contributed by atoms with Gasteiger partial charge in [-0.25, -0.2) is 4.79 Å². The molecule has 104 valence electrons. The Balaban J connectivity index is 2.69. The van der Waals surface area contributed by atoms with E-state index in [0.29, 0.717) is 27.1 Å². The van der Waals surface area contributed by atoms with Gasteiger partial charge in [0.2, 0.25) is 0 Å². The van der Waals surface area contributed by atoms with E-state index < -0.39 is 5.97 Å². The summed E-state index contributed by atoms with van der Waals surface area (Å²) in [4.78, 5) is 11.4. The molecule has 0 aliphatic rings. The van der Waals surface area contributed by atoms with Crippen LogP contribution in [0.25, 0.3) is 11.1 Å². The second kappa shape index (κ2) is 5.96. The van der Waals surface area contributed by atoms with E-state index in [1.165, 1.54) is 0 Å². The summed E-state index contributed by atoms with van der Waals surface area (Å²) in [7, 11) is 3.11. The van der Waals surface area contributed by atoms with E-state index in [0.717, 1.165) is 0 Å². The molecule has 0 unspecified atom stereocenters. The number of aromatic carboxylic acids is 1. The maximum Gasteiger partial charge on any atom is 0.336 e. The van der Waals surface area contributed by atoms with Crippen LogP contribution in [0.2, 0.25) is 0 Å². The van der Waals surface area contributed by atoms with Gasteiger partial charge in [-0.05, 0) is 30.3 Å². The summed E-state index contributed by atoms with van der Waals surface area (Å²) in [6.45, 7) is 0. The van der Waals surface area contributed by atoms with Gasteiger partial charge >= 0.3 is 5.97 Å². The van der Waals surface area contributed by atoms with Crippen LogP contribution in [0.15, 0.2) is 40.9 Å². The van der Waals surface area contributed by atoms with Crippen molar-refractivity contribution in [1.82, 2.24) is 0 Å². The van der Waals surface area contributed by atoms with Crippen molar-refractivity contribution in [1.29, 1.82) is 0 Å². The Morgan fingerprint density at radius 1 is 1.05 bits per heavy atom. The van der Waals surface area contributed by atoms with Gasteiger partial charge in [-0.1, -0.05) is 22.0 Å². The van der Waals surface area contributed by atoms with Crippen LogP contribution < -0.4 is 9.47 Å². The summed E-state index contributed by atoms with van der Waals surface area (Å²) in [6, 6.07) is 10.4. The second-order valence-electron chi connectivity index (χ2n) is 4.06. The first-order chi connectivity index (χ1) is 9.56. The lowest BCUT2D eigenvalue weighted by Gasteiger charge is -2.13. The Kier molecular flexibility index (Phi) is 4.29. The van der Waals surface area contributed by atoms with Crippen LogP contribution in [0.5, 0.6) is 11.5 Å². The number of hydrogen-bond acceptors (Lipinski definition) is 3. The van der Waals surface area contributed by atoms with Crippen molar-refractivity contribution in [3.05, 3.63) is 46.4 Å². The molecule has 0 radical (unpaired) electrons. The van der Waals surface area contributed by atoms with E-state index in [9.17, 15) is 9.90 Å². The molecule has 0 aromatic heterocycles. The lowest BCUT2D eigenvalue weighted by atomic mass is 9.98. The molecule has 5 heteroatoms. The Labute approximate surface area is 125 Å². The minimum atomic E-state index is -0.994. The van der Waals surface area contributed by atoms with Gasteiger partial charge in [-0.3, -0.25) is 0 Å². The molecule has 0 saturated carbocycles. The molecule has 4 nitrogen and oxygen atoms in total. The molecule has 0 amide bonds. The van der Waals surface area contributed by atoms with E-state index in [4.69, 9.17) is 9.47 Å². The Morgan fingerprint density at radius 2 is 1.80 bits per heavy atom. The predicted molar refractivity (Wildman–Crippen MR) is 79.6 cm³/mol. The van der Waals surface area contributed by atoms with Crippen LogP contribution in [0.3, 0.4) is 0 Å². The smallest absolute Gasteiger partial charge is 0.336 e. The highest BCUT2D eigenvalue weighted by atomic mass is 79.9. The predicted octanol–water partition coefficient (Wildman–Crippen LogP) is 3.83. The third-order valence-electron chi connectivity index (χ3n) is 2.91. The standard InChI is InChI=1S/C15H13BrO4/c1-19-10-4-6-14(20-2)12(8-10)11-5-3-9(16)7-13(11)15(17)18/h3-8H,1-2H3,(H,17,18). The zero-order chi connectivity index (χ0) is 14.7. The molecule has 1 N–H and O–H groups in total. The van der Waals surface area contributed by atoms with E-state index >= 15 is 0 Å². The SMILES string of the molecule is COc1ccc(OC)c(-c2ccc(Br)cc2C(=O)O)c1. The Morgan fingerprint density at radius 3 is 2.40 bits per heavy atom. The molecule has 0 atom stereocenters. The first-order valence-corrected chi connectivity index (χ1v) is 6.61. The monoisotopic (exact) mass is 336 g/mol. The number of carboxylic acid groups (broad SMARTS) is 1. The van der Waals surface area contributed by atoms with Crippen molar-refractivity contribution in [2.75, 3.05) is 14.2 Å². The van der Waals surface area contributed by atoms with Crippen molar-refractivity contribution >= 4 is 21.9 Å². The summed E-state index contributed by atoms with van der Waals surface area (Å²) in [6.07, 6.45) is 0. The molecule has 0 saturated heterocycles. The summed E-state index contributed by atoms with van der Waals surface area (Å²) < 4.78 is 11.2. The minimum Gasteiger partial charge on any atom is -0.497 e. The molecular weight excluding hydrogens is 324 g/mol. The van der Waals surface area contributed by atoms with Gasteiger partial charge in [-0.2, -0.15) is 0 Å². The number of ether oxygens (including phenoxy) is 2. The van der Waals surface area contributed by atoms with Gasteiger partial charge in [0.15, 0.2) is 0 Å². The number of benzene rings is 2. The van der Waals surface area contributed by atoms with Gasteiger partial charge in [0.25, 0.3) is 0 Å². The van der Waals surface area contributed by atoms with Crippen LogP contribution in [0.4, 0.5) is 0 Å². The zero-order valence-electron chi connectivity index (χ0n) is 11.0. The Bertz CT molecular complexity index is 652. The molecular formula is C15H13BrO4. The van der Waals surface area contributed by atoms with Gasteiger partial charge < -0.3 is 14.6 Å². The number of hydrogen-bond donors (Lipinski definition) is 1. The maximum absolute atomic E-state index is 11.4. The Hall–Kier alpha value is -2.01. The highest BCUT2D eigenvalue weighted by molar-refractivity contribution is 9.10. The van der Waals surface area contributed by atoms with Crippen LogP contribution in [0, 0.1) is 0 Å². The third kappa shape index (κ3) is 2.77.